The molecule has 4 aromatic rings. The predicted octanol–water partition coefficient (Wildman–Crippen LogP) is 4.79. The number of aromatic nitrogens is 5. The van der Waals surface area contributed by atoms with Crippen LogP contribution in [-0.2, 0) is 12.7 Å². The lowest BCUT2D eigenvalue weighted by Crippen LogP contribution is -2.36. The summed E-state index contributed by atoms with van der Waals surface area (Å²) in [5.41, 5.74) is 1.52. The number of anilines is 1. The van der Waals surface area contributed by atoms with Crippen LogP contribution in [0.15, 0.2) is 47.7 Å². The molecule has 7 nitrogen and oxygen atoms in total. The molecule has 0 atom stereocenters. The molecule has 1 saturated heterocycles. The molecule has 5 heterocycles. The first-order valence-corrected chi connectivity index (χ1v) is 11.9. The normalized spacial score (nSPS) is 14.9. The molecular formula is C26H24F4N6O. The van der Waals surface area contributed by atoms with Gasteiger partial charge in [0, 0.05) is 37.1 Å². The molecule has 0 aromatic carbocycles. The van der Waals surface area contributed by atoms with Crippen molar-refractivity contribution in [2.45, 2.75) is 45.3 Å². The summed E-state index contributed by atoms with van der Waals surface area (Å²) < 4.78 is 55.9. The van der Waals surface area contributed by atoms with Crippen LogP contribution in [0.5, 0.6) is 0 Å². The molecule has 11 heteroatoms. The Morgan fingerprint density at radius 2 is 1.81 bits per heavy atom. The molecule has 1 aliphatic rings. The van der Waals surface area contributed by atoms with Gasteiger partial charge in [0.1, 0.15) is 11.3 Å². The Labute approximate surface area is 209 Å². The van der Waals surface area contributed by atoms with E-state index in [9.17, 15) is 22.4 Å². The topological polar surface area (TPSA) is 76.8 Å². The number of hydrogen-bond acceptors (Lipinski definition) is 6. The summed E-state index contributed by atoms with van der Waals surface area (Å²) in [5, 5.41) is 0. The van der Waals surface area contributed by atoms with Crippen molar-refractivity contribution in [3.63, 3.8) is 0 Å². The van der Waals surface area contributed by atoms with Crippen molar-refractivity contribution >= 4 is 16.9 Å². The van der Waals surface area contributed by atoms with Gasteiger partial charge in [-0.15, -0.1) is 0 Å². The Bertz CT molecular complexity index is 1530. The number of piperidine rings is 1. The second-order valence-corrected chi connectivity index (χ2v) is 9.23. The highest BCUT2D eigenvalue weighted by Crippen LogP contribution is 2.33. The zero-order chi connectivity index (χ0) is 26.3. The molecule has 0 amide bonds. The van der Waals surface area contributed by atoms with Gasteiger partial charge < -0.3 is 4.90 Å². The number of fused-ring (bicyclic) bond motifs is 1. The standard InChI is InChI=1S/C26H24F4N6O/c1-15-12-33-21-11-19(17-5-8-35(9-6-17)23-10-18(27)13-32-16(23)2)25(37)36(24(21)34-15)14-22-20(26(28,29)30)4-3-7-31-22/h3-4,7,10-13,17H,5-6,8-9,14H2,1-2H3. The minimum absolute atomic E-state index is 0.143. The summed E-state index contributed by atoms with van der Waals surface area (Å²) in [5.74, 6) is -0.558. The maximum Gasteiger partial charge on any atom is 0.418 e. The maximum absolute atomic E-state index is 13.8. The average Bonchev–Trinajstić information content (AvgIpc) is 2.87. The molecule has 0 saturated carbocycles. The minimum atomic E-state index is -4.61. The van der Waals surface area contributed by atoms with Crippen molar-refractivity contribution < 1.29 is 17.6 Å². The molecule has 0 radical (unpaired) electrons. The summed E-state index contributed by atoms with van der Waals surface area (Å²) in [6, 6.07) is 5.32. The molecule has 1 aliphatic heterocycles. The third kappa shape index (κ3) is 4.90. The molecule has 5 rings (SSSR count). The molecule has 0 unspecified atom stereocenters. The van der Waals surface area contributed by atoms with E-state index in [4.69, 9.17) is 0 Å². The van der Waals surface area contributed by atoms with E-state index in [1.807, 2.05) is 11.8 Å². The van der Waals surface area contributed by atoms with E-state index >= 15 is 0 Å². The van der Waals surface area contributed by atoms with Crippen LogP contribution in [-0.4, -0.2) is 37.6 Å². The fourth-order valence-corrected chi connectivity index (χ4v) is 4.89. The first kappa shape index (κ1) is 24.8. The molecule has 0 bridgehead atoms. The molecular weight excluding hydrogens is 488 g/mol. The van der Waals surface area contributed by atoms with Crippen LogP contribution in [0.1, 0.15) is 47.0 Å². The summed E-state index contributed by atoms with van der Waals surface area (Å²) in [4.78, 5) is 32.6. The van der Waals surface area contributed by atoms with Gasteiger partial charge in [-0.1, -0.05) is 0 Å². The van der Waals surface area contributed by atoms with Crippen LogP contribution in [0.2, 0.25) is 0 Å². The van der Waals surface area contributed by atoms with Gasteiger partial charge in [0.05, 0.1) is 41.1 Å². The van der Waals surface area contributed by atoms with E-state index in [2.05, 4.69) is 19.9 Å². The van der Waals surface area contributed by atoms with Gasteiger partial charge in [-0.05, 0) is 50.8 Å². The molecule has 0 aliphatic carbocycles. The molecule has 192 valence electrons. The minimum Gasteiger partial charge on any atom is -0.370 e. The number of rotatable bonds is 4. The first-order valence-electron chi connectivity index (χ1n) is 11.9. The Kier molecular flexibility index (Phi) is 6.38. The zero-order valence-electron chi connectivity index (χ0n) is 20.3. The van der Waals surface area contributed by atoms with Crippen molar-refractivity contribution in [3.8, 4) is 0 Å². The lowest BCUT2D eigenvalue weighted by atomic mass is 9.89. The Balaban J connectivity index is 1.52. The Hall–Kier alpha value is -3.89. The van der Waals surface area contributed by atoms with Crippen LogP contribution in [0.25, 0.3) is 11.2 Å². The third-order valence-electron chi connectivity index (χ3n) is 6.75. The summed E-state index contributed by atoms with van der Waals surface area (Å²) >= 11 is 0. The monoisotopic (exact) mass is 512 g/mol. The van der Waals surface area contributed by atoms with E-state index < -0.39 is 23.1 Å². The summed E-state index contributed by atoms with van der Waals surface area (Å²) in [6.07, 6.45) is 0.611. The van der Waals surface area contributed by atoms with Crippen LogP contribution < -0.4 is 10.5 Å². The van der Waals surface area contributed by atoms with Crippen LogP contribution in [0.3, 0.4) is 0 Å². The van der Waals surface area contributed by atoms with E-state index in [1.54, 1.807) is 19.2 Å². The Morgan fingerprint density at radius 3 is 2.54 bits per heavy atom. The van der Waals surface area contributed by atoms with Gasteiger partial charge in [0.2, 0.25) is 0 Å². The highest BCUT2D eigenvalue weighted by atomic mass is 19.4. The first-order chi connectivity index (χ1) is 17.6. The van der Waals surface area contributed by atoms with Gasteiger partial charge in [-0.25, -0.2) is 9.37 Å². The smallest absolute Gasteiger partial charge is 0.370 e. The van der Waals surface area contributed by atoms with E-state index in [-0.39, 0.29) is 23.8 Å². The van der Waals surface area contributed by atoms with Gasteiger partial charge in [0.25, 0.3) is 5.56 Å². The van der Waals surface area contributed by atoms with Gasteiger partial charge in [0.15, 0.2) is 5.65 Å². The van der Waals surface area contributed by atoms with Crippen molar-refractivity contribution in [3.05, 3.63) is 87.2 Å². The number of hydrogen-bond donors (Lipinski definition) is 0. The molecule has 0 spiro atoms. The van der Waals surface area contributed by atoms with E-state index in [1.165, 1.54) is 29.1 Å². The van der Waals surface area contributed by atoms with Crippen LogP contribution in [0.4, 0.5) is 23.2 Å². The molecule has 1 fully saturated rings. The SMILES string of the molecule is Cc1cnc2cc(C3CCN(c4cc(F)cnc4C)CC3)c(=O)n(Cc3ncccc3C(F)(F)F)c2n1. The quantitative estimate of drug-likeness (QED) is 0.366. The average molecular weight is 513 g/mol. The van der Waals surface area contributed by atoms with Gasteiger partial charge in [-0.3, -0.25) is 24.3 Å². The fourth-order valence-electron chi connectivity index (χ4n) is 4.89. The number of halogens is 4. The highest BCUT2D eigenvalue weighted by Gasteiger charge is 2.34. The lowest BCUT2D eigenvalue weighted by molar-refractivity contribution is -0.138. The molecule has 0 N–H and O–H groups in total. The second kappa shape index (κ2) is 9.53. The number of nitrogens with zero attached hydrogens (tertiary/aromatic N) is 6. The van der Waals surface area contributed by atoms with Crippen molar-refractivity contribution in [1.82, 2.24) is 24.5 Å². The van der Waals surface area contributed by atoms with E-state index in [0.717, 1.165) is 11.8 Å². The largest absolute Gasteiger partial charge is 0.418 e. The second-order valence-electron chi connectivity index (χ2n) is 9.23. The number of alkyl halides is 3. The van der Waals surface area contributed by atoms with Crippen molar-refractivity contribution in [2.24, 2.45) is 0 Å². The Morgan fingerprint density at radius 1 is 1.05 bits per heavy atom. The predicted molar refractivity (Wildman–Crippen MR) is 130 cm³/mol. The van der Waals surface area contributed by atoms with Crippen LogP contribution in [0, 0.1) is 19.7 Å². The number of aryl methyl sites for hydroxylation is 2. The summed E-state index contributed by atoms with van der Waals surface area (Å²) in [7, 11) is 0. The van der Waals surface area contributed by atoms with Crippen molar-refractivity contribution in [2.75, 3.05) is 18.0 Å². The zero-order valence-corrected chi connectivity index (χ0v) is 20.3. The molecule has 37 heavy (non-hydrogen) atoms. The lowest BCUT2D eigenvalue weighted by Gasteiger charge is -2.34. The van der Waals surface area contributed by atoms with Gasteiger partial charge in [-0.2, -0.15) is 13.2 Å². The third-order valence-corrected chi connectivity index (χ3v) is 6.75. The van der Waals surface area contributed by atoms with Gasteiger partial charge >= 0.3 is 6.18 Å². The van der Waals surface area contributed by atoms with Crippen LogP contribution >= 0.6 is 0 Å². The summed E-state index contributed by atoms with van der Waals surface area (Å²) in [6.45, 7) is 4.29. The highest BCUT2D eigenvalue weighted by molar-refractivity contribution is 5.71. The fraction of sp³-hybridized carbons (Fsp3) is 0.346. The maximum atomic E-state index is 13.8. The van der Waals surface area contributed by atoms with E-state index in [0.29, 0.717) is 48.4 Å². The molecule has 4 aromatic heterocycles. The van der Waals surface area contributed by atoms with Crippen molar-refractivity contribution in [1.29, 1.82) is 0 Å². The number of pyridine rings is 3.